The van der Waals surface area contributed by atoms with E-state index in [-0.39, 0.29) is 0 Å². The Kier molecular flexibility index (Phi) is 6.98. The van der Waals surface area contributed by atoms with Gasteiger partial charge >= 0.3 is 0 Å². The summed E-state index contributed by atoms with van der Waals surface area (Å²) in [4.78, 5) is 0. The Bertz CT molecular complexity index is 352. The van der Waals surface area contributed by atoms with E-state index in [0.717, 1.165) is 17.8 Å². The van der Waals surface area contributed by atoms with Gasteiger partial charge < -0.3 is 11.5 Å². The molecule has 136 valence electrons. The molecule has 0 heterocycles. The molecule has 0 saturated heterocycles. The van der Waals surface area contributed by atoms with E-state index < -0.39 is 0 Å². The van der Waals surface area contributed by atoms with Crippen LogP contribution in [0.25, 0.3) is 0 Å². The van der Waals surface area contributed by atoms with Crippen LogP contribution in [0.15, 0.2) is 0 Å². The zero-order chi connectivity index (χ0) is 17.0. The molecule has 0 radical (unpaired) electrons. The Labute approximate surface area is 145 Å². The predicted molar refractivity (Wildman–Crippen MR) is 101 cm³/mol. The van der Waals surface area contributed by atoms with Crippen LogP contribution in [0.5, 0.6) is 0 Å². The summed E-state index contributed by atoms with van der Waals surface area (Å²) in [7, 11) is 0. The largest absolute Gasteiger partial charge is 0.328 e. The molecule has 6 unspecified atom stereocenters. The topological polar surface area (TPSA) is 52.0 Å². The van der Waals surface area contributed by atoms with Crippen LogP contribution in [0.2, 0.25) is 0 Å². The lowest BCUT2D eigenvalue weighted by atomic mass is 9.54. The van der Waals surface area contributed by atoms with Crippen LogP contribution in [0.4, 0.5) is 0 Å². The van der Waals surface area contributed by atoms with Crippen molar-refractivity contribution in [2.75, 3.05) is 0 Å². The molecular weight excluding hydrogens is 280 g/mol. The van der Waals surface area contributed by atoms with Gasteiger partial charge in [0.1, 0.15) is 0 Å². The molecule has 0 aromatic rings. The van der Waals surface area contributed by atoms with Crippen molar-refractivity contribution in [3.63, 3.8) is 0 Å². The third-order valence-electron chi connectivity index (χ3n) is 7.31. The van der Waals surface area contributed by atoms with Crippen molar-refractivity contribution in [3.05, 3.63) is 0 Å². The molecule has 2 aliphatic carbocycles. The number of rotatable bonds is 6. The van der Waals surface area contributed by atoms with Crippen LogP contribution >= 0.6 is 0 Å². The lowest BCUT2D eigenvalue weighted by Crippen LogP contribution is -2.51. The zero-order valence-electron chi connectivity index (χ0n) is 16.2. The van der Waals surface area contributed by atoms with Crippen molar-refractivity contribution in [3.8, 4) is 0 Å². The fraction of sp³-hybridized carbons (Fsp3) is 1.00. The van der Waals surface area contributed by atoms with Crippen LogP contribution in [0, 0.1) is 29.1 Å². The predicted octanol–water partition coefficient (Wildman–Crippen LogP) is 5.10. The molecule has 23 heavy (non-hydrogen) atoms. The molecule has 2 rings (SSSR count). The van der Waals surface area contributed by atoms with E-state index in [0.29, 0.717) is 23.4 Å². The smallest absolute Gasteiger partial charge is 0.00725 e. The number of hydrogen-bond acceptors (Lipinski definition) is 2. The molecule has 2 fully saturated rings. The molecule has 2 nitrogen and oxygen atoms in total. The van der Waals surface area contributed by atoms with Gasteiger partial charge in [0.25, 0.3) is 0 Å². The second kappa shape index (κ2) is 8.34. The first-order chi connectivity index (χ1) is 10.9. The van der Waals surface area contributed by atoms with E-state index in [2.05, 4.69) is 27.7 Å². The summed E-state index contributed by atoms with van der Waals surface area (Å²) < 4.78 is 0. The molecule has 0 aromatic heterocycles. The van der Waals surface area contributed by atoms with Crippen LogP contribution in [-0.4, -0.2) is 12.1 Å². The summed E-state index contributed by atoms with van der Waals surface area (Å²) in [5.41, 5.74) is 13.4. The van der Waals surface area contributed by atoms with Gasteiger partial charge in [-0.1, -0.05) is 53.4 Å². The highest BCUT2D eigenvalue weighted by atomic mass is 14.7. The van der Waals surface area contributed by atoms with Crippen molar-refractivity contribution >= 4 is 0 Å². The quantitative estimate of drug-likeness (QED) is 0.714. The molecule has 0 amide bonds. The van der Waals surface area contributed by atoms with Gasteiger partial charge in [0.2, 0.25) is 0 Å². The first-order valence-electron chi connectivity index (χ1n) is 10.4. The lowest BCUT2D eigenvalue weighted by molar-refractivity contribution is -0.00793. The van der Waals surface area contributed by atoms with Gasteiger partial charge in [-0.3, -0.25) is 0 Å². The SMILES string of the molecule is CCCC1CCC(N)C(C(C)(C)C2CC(N)CCC2CCC)C1. The molecule has 0 aromatic carbocycles. The average molecular weight is 323 g/mol. The average Bonchev–Trinajstić information content (AvgIpc) is 2.51. The summed E-state index contributed by atoms with van der Waals surface area (Å²) >= 11 is 0. The van der Waals surface area contributed by atoms with Crippen LogP contribution in [0.1, 0.15) is 91.9 Å². The Morgan fingerprint density at radius 1 is 0.826 bits per heavy atom. The molecular formula is C21H42N2. The highest BCUT2D eigenvalue weighted by Crippen LogP contribution is 2.52. The van der Waals surface area contributed by atoms with E-state index >= 15 is 0 Å². The Hall–Kier alpha value is -0.0800. The molecule has 2 aliphatic rings. The molecule has 2 saturated carbocycles. The molecule has 0 aliphatic heterocycles. The third kappa shape index (κ3) is 4.51. The van der Waals surface area contributed by atoms with E-state index in [1.54, 1.807) is 0 Å². The molecule has 6 atom stereocenters. The van der Waals surface area contributed by atoms with Gasteiger partial charge in [-0.2, -0.15) is 0 Å². The maximum absolute atomic E-state index is 6.65. The van der Waals surface area contributed by atoms with E-state index in [4.69, 9.17) is 11.5 Å². The van der Waals surface area contributed by atoms with E-state index in [1.165, 1.54) is 64.2 Å². The third-order valence-corrected chi connectivity index (χ3v) is 7.31. The van der Waals surface area contributed by atoms with Crippen LogP contribution < -0.4 is 11.5 Å². The van der Waals surface area contributed by atoms with Gasteiger partial charge in [-0.25, -0.2) is 0 Å². The van der Waals surface area contributed by atoms with E-state index in [1.807, 2.05) is 0 Å². The minimum atomic E-state index is 0.337. The fourth-order valence-electron chi connectivity index (χ4n) is 5.98. The first kappa shape index (κ1) is 19.2. The van der Waals surface area contributed by atoms with E-state index in [9.17, 15) is 0 Å². The standard InChI is InChI=1S/C21H42N2/c1-5-7-15-9-12-20(23)19(13-15)21(3,4)18-14-17(22)11-10-16(18)8-6-2/h15-20H,5-14,22-23H2,1-4H3. The summed E-state index contributed by atoms with van der Waals surface area (Å²) in [5.74, 6) is 3.23. The fourth-order valence-corrected chi connectivity index (χ4v) is 5.98. The van der Waals surface area contributed by atoms with Crippen molar-refractivity contribution in [1.29, 1.82) is 0 Å². The Morgan fingerprint density at radius 3 is 2.17 bits per heavy atom. The molecule has 0 spiro atoms. The normalized spacial score (nSPS) is 39.4. The second-order valence-corrected chi connectivity index (χ2v) is 9.29. The Morgan fingerprint density at radius 2 is 1.52 bits per heavy atom. The van der Waals surface area contributed by atoms with Gasteiger partial charge in [-0.15, -0.1) is 0 Å². The molecule has 0 bridgehead atoms. The summed E-state index contributed by atoms with van der Waals surface area (Å²) in [6, 6.07) is 0.817. The number of nitrogens with two attached hydrogens (primary N) is 2. The van der Waals surface area contributed by atoms with Gasteiger partial charge in [-0.05, 0) is 67.6 Å². The zero-order valence-corrected chi connectivity index (χ0v) is 16.2. The van der Waals surface area contributed by atoms with Gasteiger partial charge in [0.05, 0.1) is 0 Å². The second-order valence-electron chi connectivity index (χ2n) is 9.29. The Balaban J connectivity index is 2.15. The summed E-state index contributed by atoms with van der Waals surface area (Å²) in [6.45, 7) is 9.71. The summed E-state index contributed by atoms with van der Waals surface area (Å²) in [6.07, 6.45) is 13.1. The minimum absolute atomic E-state index is 0.337. The monoisotopic (exact) mass is 322 g/mol. The lowest BCUT2D eigenvalue weighted by Gasteiger charge is -2.52. The van der Waals surface area contributed by atoms with Crippen molar-refractivity contribution in [2.24, 2.45) is 40.6 Å². The highest BCUT2D eigenvalue weighted by molar-refractivity contribution is 4.98. The maximum atomic E-state index is 6.65. The van der Waals surface area contributed by atoms with Crippen molar-refractivity contribution in [1.82, 2.24) is 0 Å². The van der Waals surface area contributed by atoms with Gasteiger partial charge in [0, 0.05) is 12.1 Å². The summed E-state index contributed by atoms with van der Waals surface area (Å²) in [5, 5.41) is 0. The maximum Gasteiger partial charge on any atom is 0.00725 e. The van der Waals surface area contributed by atoms with Crippen molar-refractivity contribution < 1.29 is 0 Å². The minimum Gasteiger partial charge on any atom is -0.328 e. The molecule has 2 heteroatoms. The van der Waals surface area contributed by atoms with Crippen LogP contribution in [-0.2, 0) is 0 Å². The van der Waals surface area contributed by atoms with Crippen LogP contribution in [0.3, 0.4) is 0 Å². The molecule has 4 N–H and O–H groups in total. The first-order valence-corrected chi connectivity index (χ1v) is 10.4. The highest BCUT2D eigenvalue weighted by Gasteiger charge is 2.46. The van der Waals surface area contributed by atoms with Crippen molar-refractivity contribution in [2.45, 2.75) is 104 Å². The number of hydrogen-bond donors (Lipinski definition) is 2. The van der Waals surface area contributed by atoms with Gasteiger partial charge in [0.15, 0.2) is 0 Å².